The molecule has 0 bridgehead atoms. The van der Waals surface area contributed by atoms with Gasteiger partial charge >= 0.3 is 0 Å². The minimum Gasteiger partial charge on any atom is -0.507 e. The van der Waals surface area contributed by atoms with Crippen LogP contribution in [-0.4, -0.2) is 29.3 Å². The number of phenols is 1. The van der Waals surface area contributed by atoms with E-state index in [4.69, 9.17) is 19.9 Å². The maximum Gasteiger partial charge on any atom is 0.220 e. The molecule has 0 saturated carbocycles. The predicted octanol–water partition coefficient (Wildman–Crippen LogP) is 3.24. The topological polar surface area (TPSA) is 99.7 Å². The minimum absolute atomic E-state index is 0.00275. The molecule has 25 heavy (non-hydrogen) atoms. The minimum atomic E-state index is -0.00275. The Balaban J connectivity index is 2.00. The van der Waals surface area contributed by atoms with Gasteiger partial charge in [-0.3, -0.25) is 0 Å². The summed E-state index contributed by atoms with van der Waals surface area (Å²) in [6.07, 6.45) is 1.46. The molecule has 1 heterocycles. The Morgan fingerprint density at radius 3 is 2.20 bits per heavy atom. The number of phenolic OH excluding ortho intramolecular Hbond substituents is 1. The van der Waals surface area contributed by atoms with Crippen molar-refractivity contribution in [2.24, 2.45) is 0 Å². The second kappa shape index (κ2) is 6.96. The van der Waals surface area contributed by atoms with Crippen LogP contribution in [0.5, 0.6) is 28.7 Å². The zero-order valence-corrected chi connectivity index (χ0v) is 13.8. The van der Waals surface area contributed by atoms with Crippen molar-refractivity contribution in [3.8, 4) is 40.0 Å². The van der Waals surface area contributed by atoms with E-state index < -0.39 is 0 Å². The molecule has 3 N–H and O–H groups in total. The molecule has 7 heteroatoms. The highest BCUT2D eigenvalue weighted by Gasteiger charge is 2.15. The van der Waals surface area contributed by atoms with E-state index in [9.17, 15) is 5.11 Å². The summed E-state index contributed by atoms with van der Waals surface area (Å²) >= 11 is 0. The van der Waals surface area contributed by atoms with Crippen LogP contribution in [0, 0.1) is 0 Å². The fourth-order valence-electron chi connectivity index (χ4n) is 2.26. The van der Waals surface area contributed by atoms with Crippen molar-refractivity contribution in [2.75, 3.05) is 20.0 Å². The molecule has 0 atom stereocenters. The van der Waals surface area contributed by atoms with Gasteiger partial charge in [0.2, 0.25) is 5.95 Å². The van der Waals surface area contributed by atoms with Crippen LogP contribution in [0.2, 0.25) is 0 Å². The zero-order valence-electron chi connectivity index (χ0n) is 13.8. The van der Waals surface area contributed by atoms with Gasteiger partial charge in [0.1, 0.15) is 28.7 Å². The SMILES string of the molecule is COc1ccc(Oc2cnc(N)nc2-c2ccc(OC)cc2O)cc1. The molecule has 7 nitrogen and oxygen atoms in total. The number of hydrogen-bond acceptors (Lipinski definition) is 7. The number of benzene rings is 2. The van der Waals surface area contributed by atoms with Gasteiger partial charge < -0.3 is 25.1 Å². The molecule has 0 spiro atoms. The standard InChI is InChI=1S/C18H17N3O4/c1-23-11-3-5-12(6-4-11)25-16-10-20-18(19)21-17(16)14-8-7-13(24-2)9-15(14)22/h3-10,22H,1-2H3,(H2,19,20,21). The maximum atomic E-state index is 10.3. The maximum absolute atomic E-state index is 10.3. The van der Waals surface area contributed by atoms with Gasteiger partial charge in [0, 0.05) is 11.6 Å². The van der Waals surface area contributed by atoms with Crippen LogP contribution in [0.4, 0.5) is 5.95 Å². The molecule has 2 aromatic carbocycles. The summed E-state index contributed by atoms with van der Waals surface area (Å²) in [5.41, 5.74) is 6.54. The first kappa shape index (κ1) is 16.4. The molecule has 0 aliphatic heterocycles. The lowest BCUT2D eigenvalue weighted by molar-refractivity contribution is 0.408. The second-order valence-corrected chi connectivity index (χ2v) is 5.10. The summed E-state index contributed by atoms with van der Waals surface area (Å²) in [6, 6.07) is 11.9. The van der Waals surface area contributed by atoms with Crippen LogP contribution in [0.1, 0.15) is 0 Å². The van der Waals surface area contributed by atoms with Crippen molar-refractivity contribution in [2.45, 2.75) is 0 Å². The van der Waals surface area contributed by atoms with Gasteiger partial charge in [-0.15, -0.1) is 0 Å². The Kier molecular flexibility index (Phi) is 4.56. The van der Waals surface area contributed by atoms with Gasteiger partial charge in [0.05, 0.1) is 20.4 Å². The quantitative estimate of drug-likeness (QED) is 0.736. The van der Waals surface area contributed by atoms with Crippen LogP contribution in [-0.2, 0) is 0 Å². The van der Waals surface area contributed by atoms with Gasteiger partial charge in [-0.05, 0) is 36.4 Å². The van der Waals surface area contributed by atoms with Crippen LogP contribution >= 0.6 is 0 Å². The van der Waals surface area contributed by atoms with E-state index in [1.54, 1.807) is 43.5 Å². The highest BCUT2D eigenvalue weighted by molar-refractivity contribution is 5.73. The first-order valence-electron chi connectivity index (χ1n) is 7.42. The number of aromatic nitrogens is 2. The average molecular weight is 339 g/mol. The normalized spacial score (nSPS) is 10.3. The van der Waals surface area contributed by atoms with Gasteiger partial charge in [-0.2, -0.15) is 0 Å². The lowest BCUT2D eigenvalue weighted by Gasteiger charge is -2.12. The van der Waals surface area contributed by atoms with Crippen LogP contribution in [0.15, 0.2) is 48.7 Å². The van der Waals surface area contributed by atoms with E-state index in [1.807, 2.05) is 0 Å². The third-order valence-electron chi connectivity index (χ3n) is 3.52. The van der Waals surface area contributed by atoms with E-state index in [0.29, 0.717) is 34.3 Å². The van der Waals surface area contributed by atoms with E-state index >= 15 is 0 Å². The molecule has 0 saturated heterocycles. The fourth-order valence-corrected chi connectivity index (χ4v) is 2.26. The van der Waals surface area contributed by atoms with E-state index in [1.165, 1.54) is 19.4 Å². The van der Waals surface area contributed by atoms with Crippen molar-refractivity contribution in [3.05, 3.63) is 48.7 Å². The summed E-state index contributed by atoms with van der Waals surface area (Å²) in [5, 5.41) is 10.3. The monoisotopic (exact) mass is 339 g/mol. The summed E-state index contributed by atoms with van der Waals surface area (Å²) in [5.74, 6) is 2.25. The molecule has 0 fully saturated rings. The van der Waals surface area contributed by atoms with Crippen LogP contribution in [0.3, 0.4) is 0 Å². The molecule has 0 amide bonds. The van der Waals surface area contributed by atoms with Gasteiger partial charge in [0.25, 0.3) is 0 Å². The molecule has 128 valence electrons. The molecule has 0 radical (unpaired) electrons. The molecule has 0 aliphatic carbocycles. The number of methoxy groups -OCH3 is 2. The number of anilines is 1. The number of rotatable bonds is 5. The molecule has 0 unspecified atom stereocenters. The highest BCUT2D eigenvalue weighted by Crippen LogP contribution is 2.38. The smallest absolute Gasteiger partial charge is 0.220 e. The number of nitrogen functional groups attached to an aromatic ring is 1. The summed E-state index contributed by atoms with van der Waals surface area (Å²) < 4.78 is 16.1. The number of aromatic hydroxyl groups is 1. The largest absolute Gasteiger partial charge is 0.507 e. The van der Waals surface area contributed by atoms with E-state index in [0.717, 1.165) is 0 Å². The Morgan fingerprint density at radius 2 is 1.56 bits per heavy atom. The Morgan fingerprint density at radius 1 is 0.920 bits per heavy atom. The van der Waals surface area contributed by atoms with Crippen molar-refractivity contribution in [1.29, 1.82) is 0 Å². The van der Waals surface area contributed by atoms with E-state index in [-0.39, 0.29) is 11.7 Å². The lowest BCUT2D eigenvalue weighted by atomic mass is 10.1. The second-order valence-electron chi connectivity index (χ2n) is 5.10. The Labute approximate surface area is 144 Å². The number of ether oxygens (including phenoxy) is 3. The van der Waals surface area contributed by atoms with Crippen molar-refractivity contribution in [1.82, 2.24) is 9.97 Å². The highest BCUT2D eigenvalue weighted by atomic mass is 16.5. The third kappa shape index (κ3) is 3.55. The Bertz CT molecular complexity index is 882. The third-order valence-corrected chi connectivity index (χ3v) is 3.52. The number of nitrogens with two attached hydrogens (primary N) is 1. The molecular weight excluding hydrogens is 322 g/mol. The van der Waals surface area contributed by atoms with Gasteiger partial charge in [-0.25, -0.2) is 9.97 Å². The fraction of sp³-hybridized carbons (Fsp3) is 0.111. The number of hydrogen-bond donors (Lipinski definition) is 2. The molecule has 1 aromatic heterocycles. The van der Waals surface area contributed by atoms with Gasteiger partial charge in [0.15, 0.2) is 5.75 Å². The molecule has 0 aliphatic rings. The van der Waals surface area contributed by atoms with Crippen molar-refractivity contribution >= 4 is 5.95 Å². The molecule has 3 aromatic rings. The first-order valence-corrected chi connectivity index (χ1v) is 7.42. The Hall–Kier alpha value is -3.48. The summed E-state index contributed by atoms with van der Waals surface area (Å²) in [6.45, 7) is 0. The van der Waals surface area contributed by atoms with E-state index in [2.05, 4.69) is 9.97 Å². The number of nitrogens with zero attached hydrogens (tertiary/aromatic N) is 2. The summed E-state index contributed by atoms with van der Waals surface area (Å²) in [4.78, 5) is 8.17. The average Bonchev–Trinajstić information content (AvgIpc) is 2.64. The van der Waals surface area contributed by atoms with Crippen molar-refractivity contribution in [3.63, 3.8) is 0 Å². The van der Waals surface area contributed by atoms with Crippen LogP contribution in [0.25, 0.3) is 11.3 Å². The molecule has 3 rings (SSSR count). The van der Waals surface area contributed by atoms with Gasteiger partial charge in [-0.1, -0.05) is 0 Å². The van der Waals surface area contributed by atoms with Crippen LogP contribution < -0.4 is 19.9 Å². The first-order chi connectivity index (χ1) is 12.1. The summed E-state index contributed by atoms with van der Waals surface area (Å²) in [7, 11) is 3.11. The van der Waals surface area contributed by atoms with Crippen molar-refractivity contribution < 1.29 is 19.3 Å². The zero-order chi connectivity index (χ0) is 17.8. The predicted molar refractivity (Wildman–Crippen MR) is 93.2 cm³/mol. The molecular formula is C18H17N3O4. The lowest BCUT2D eigenvalue weighted by Crippen LogP contribution is -1.99.